The van der Waals surface area contributed by atoms with Crippen LogP contribution in [0, 0.1) is 5.82 Å². The number of hydrogen-bond donors (Lipinski definition) is 2. The molecule has 2 aromatic carbocycles. The molecule has 2 N–H and O–H groups in total. The van der Waals surface area contributed by atoms with E-state index in [1.54, 1.807) is 31.2 Å². The molecule has 0 saturated carbocycles. The van der Waals surface area contributed by atoms with Crippen molar-refractivity contribution in [1.82, 2.24) is 5.32 Å². The van der Waals surface area contributed by atoms with Crippen LogP contribution in [0.1, 0.15) is 36.8 Å². The summed E-state index contributed by atoms with van der Waals surface area (Å²) in [6.45, 7) is 1.81. The predicted octanol–water partition coefficient (Wildman–Crippen LogP) is 3.66. The predicted molar refractivity (Wildman–Crippen MR) is 100 cm³/mol. The first kappa shape index (κ1) is 21.1. The van der Waals surface area contributed by atoms with Gasteiger partial charge in [0.25, 0.3) is 0 Å². The number of carboxylic acid groups (broad SMARTS) is 1. The van der Waals surface area contributed by atoms with E-state index in [0.717, 1.165) is 5.56 Å². The van der Waals surface area contributed by atoms with Crippen molar-refractivity contribution in [2.45, 2.75) is 38.3 Å². The molecule has 148 valence electrons. The Labute approximate surface area is 162 Å². The number of carbonyl (C=O) groups excluding carboxylic acids is 2. The maximum Gasteiger partial charge on any atom is 0.408 e. The van der Waals surface area contributed by atoms with Crippen molar-refractivity contribution in [3.63, 3.8) is 0 Å². The SMILES string of the molecule is CCC(c1ccc(F)cc1)C(NC(=O)OCc1ccccc1)C(=O)CC(=O)O. The Balaban J connectivity index is 2.15. The molecule has 0 heterocycles. The second-order valence-corrected chi connectivity index (χ2v) is 6.29. The number of Topliss-reactive ketones (excluding diaryl/α,β-unsaturated/α-hetero) is 1. The van der Waals surface area contributed by atoms with Crippen molar-refractivity contribution in [3.8, 4) is 0 Å². The number of rotatable bonds is 9. The molecule has 7 heteroatoms. The number of benzene rings is 2. The van der Waals surface area contributed by atoms with Gasteiger partial charge in [-0.2, -0.15) is 0 Å². The summed E-state index contributed by atoms with van der Waals surface area (Å²) in [7, 11) is 0. The van der Waals surface area contributed by atoms with Crippen LogP contribution >= 0.6 is 0 Å². The van der Waals surface area contributed by atoms with Crippen LogP contribution in [-0.2, 0) is 20.9 Å². The van der Waals surface area contributed by atoms with Gasteiger partial charge in [0.15, 0.2) is 5.78 Å². The van der Waals surface area contributed by atoms with Gasteiger partial charge in [0.2, 0.25) is 0 Å². The second-order valence-electron chi connectivity index (χ2n) is 6.29. The standard InChI is InChI=1S/C21H22FNO5/c1-2-17(15-8-10-16(22)11-9-15)20(18(24)12-19(25)26)23-21(27)28-13-14-6-4-3-5-7-14/h3-11,17,20H,2,12-13H2,1H3,(H,23,27)(H,25,26). The highest BCUT2D eigenvalue weighted by atomic mass is 19.1. The Morgan fingerprint density at radius 2 is 1.71 bits per heavy atom. The van der Waals surface area contributed by atoms with E-state index in [0.29, 0.717) is 12.0 Å². The van der Waals surface area contributed by atoms with Crippen LogP contribution in [0.25, 0.3) is 0 Å². The number of carboxylic acids is 1. The Kier molecular flexibility index (Phi) is 7.68. The van der Waals surface area contributed by atoms with Crippen LogP contribution in [0.4, 0.5) is 9.18 Å². The van der Waals surface area contributed by atoms with Crippen LogP contribution < -0.4 is 5.32 Å². The summed E-state index contributed by atoms with van der Waals surface area (Å²) < 4.78 is 18.4. The van der Waals surface area contributed by atoms with E-state index in [2.05, 4.69) is 5.32 Å². The van der Waals surface area contributed by atoms with E-state index in [-0.39, 0.29) is 6.61 Å². The Morgan fingerprint density at radius 3 is 2.29 bits per heavy atom. The molecule has 0 aliphatic rings. The Hall–Kier alpha value is -3.22. The van der Waals surface area contributed by atoms with Gasteiger partial charge in [-0.25, -0.2) is 9.18 Å². The number of ketones is 1. The van der Waals surface area contributed by atoms with Gasteiger partial charge in [-0.1, -0.05) is 49.4 Å². The number of hydrogen-bond acceptors (Lipinski definition) is 4. The van der Waals surface area contributed by atoms with E-state index in [1.807, 2.05) is 6.07 Å². The van der Waals surface area contributed by atoms with Crippen molar-refractivity contribution in [3.05, 3.63) is 71.5 Å². The van der Waals surface area contributed by atoms with Gasteiger partial charge in [-0.15, -0.1) is 0 Å². The highest BCUT2D eigenvalue weighted by Crippen LogP contribution is 2.25. The molecule has 0 radical (unpaired) electrons. The summed E-state index contributed by atoms with van der Waals surface area (Å²) in [5.41, 5.74) is 1.40. The summed E-state index contributed by atoms with van der Waals surface area (Å²) >= 11 is 0. The van der Waals surface area contributed by atoms with Crippen LogP contribution in [0.3, 0.4) is 0 Å². The fourth-order valence-corrected chi connectivity index (χ4v) is 2.93. The second kappa shape index (κ2) is 10.2. The molecule has 0 aromatic heterocycles. The molecule has 2 unspecified atom stereocenters. The van der Waals surface area contributed by atoms with Gasteiger partial charge in [0.05, 0.1) is 6.04 Å². The molecule has 2 atom stereocenters. The van der Waals surface area contributed by atoms with Crippen molar-refractivity contribution in [2.24, 2.45) is 0 Å². The molecule has 28 heavy (non-hydrogen) atoms. The number of aliphatic carboxylic acids is 1. The molecule has 0 bridgehead atoms. The molecule has 2 aromatic rings. The molecule has 2 rings (SSSR count). The van der Waals surface area contributed by atoms with E-state index in [4.69, 9.17) is 9.84 Å². The summed E-state index contributed by atoms with van der Waals surface area (Å²) in [5.74, 6) is -2.89. The number of nitrogens with one attached hydrogen (secondary N) is 1. The van der Waals surface area contributed by atoms with Crippen molar-refractivity contribution in [2.75, 3.05) is 0 Å². The molecular weight excluding hydrogens is 365 g/mol. The largest absolute Gasteiger partial charge is 0.481 e. The minimum Gasteiger partial charge on any atom is -0.481 e. The quantitative estimate of drug-likeness (QED) is 0.641. The smallest absolute Gasteiger partial charge is 0.408 e. The number of alkyl carbamates (subject to hydrolysis) is 1. The van der Waals surface area contributed by atoms with E-state index < -0.39 is 42.0 Å². The van der Waals surface area contributed by atoms with Crippen molar-refractivity contribution in [1.29, 1.82) is 0 Å². The first-order valence-corrected chi connectivity index (χ1v) is 8.88. The van der Waals surface area contributed by atoms with Crippen LogP contribution in [-0.4, -0.2) is 29.0 Å². The lowest BCUT2D eigenvalue weighted by Gasteiger charge is -2.26. The third kappa shape index (κ3) is 6.19. The van der Waals surface area contributed by atoms with Gasteiger partial charge in [-0.05, 0) is 29.7 Å². The fraction of sp³-hybridized carbons (Fsp3) is 0.286. The Bertz CT molecular complexity index is 807. The van der Waals surface area contributed by atoms with Crippen LogP contribution in [0.2, 0.25) is 0 Å². The Morgan fingerprint density at radius 1 is 1.07 bits per heavy atom. The molecule has 0 fully saturated rings. The van der Waals surface area contributed by atoms with Crippen molar-refractivity contribution >= 4 is 17.8 Å². The number of halogens is 1. The average Bonchev–Trinajstić information content (AvgIpc) is 2.67. The number of carbonyl (C=O) groups is 3. The highest BCUT2D eigenvalue weighted by Gasteiger charge is 2.31. The van der Waals surface area contributed by atoms with Gasteiger partial charge < -0.3 is 15.2 Å². The lowest BCUT2D eigenvalue weighted by atomic mass is 9.86. The lowest BCUT2D eigenvalue weighted by Crippen LogP contribution is -2.45. The van der Waals surface area contributed by atoms with Gasteiger partial charge in [0, 0.05) is 5.92 Å². The highest BCUT2D eigenvalue weighted by molar-refractivity contribution is 5.99. The van der Waals surface area contributed by atoms with E-state index >= 15 is 0 Å². The summed E-state index contributed by atoms with van der Waals surface area (Å²) in [4.78, 5) is 35.7. The number of amides is 1. The topological polar surface area (TPSA) is 92.7 Å². The summed E-state index contributed by atoms with van der Waals surface area (Å²) in [6, 6.07) is 13.4. The first-order chi connectivity index (χ1) is 13.4. The minimum absolute atomic E-state index is 0.0137. The van der Waals surface area contributed by atoms with E-state index in [1.165, 1.54) is 24.3 Å². The van der Waals surface area contributed by atoms with E-state index in [9.17, 15) is 18.8 Å². The fourth-order valence-electron chi connectivity index (χ4n) is 2.93. The maximum atomic E-state index is 13.2. The summed E-state index contributed by atoms with van der Waals surface area (Å²) in [6.07, 6.45) is -1.13. The molecule has 0 spiro atoms. The zero-order valence-corrected chi connectivity index (χ0v) is 15.4. The maximum absolute atomic E-state index is 13.2. The van der Waals surface area contributed by atoms with Gasteiger partial charge in [0.1, 0.15) is 18.8 Å². The molecule has 0 aliphatic heterocycles. The third-order valence-corrected chi connectivity index (χ3v) is 4.30. The zero-order chi connectivity index (χ0) is 20.5. The van der Waals surface area contributed by atoms with Crippen molar-refractivity contribution < 1.29 is 28.6 Å². The average molecular weight is 387 g/mol. The molecule has 0 saturated heterocycles. The minimum atomic E-state index is -1.29. The molecule has 6 nitrogen and oxygen atoms in total. The van der Waals surface area contributed by atoms with Crippen LogP contribution in [0.15, 0.2) is 54.6 Å². The molecule has 1 amide bonds. The lowest BCUT2D eigenvalue weighted by molar-refractivity contribution is -0.140. The number of ether oxygens (including phenoxy) is 1. The normalized spacial score (nSPS) is 12.6. The molecular formula is C21H22FNO5. The monoisotopic (exact) mass is 387 g/mol. The zero-order valence-electron chi connectivity index (χ0n) is 15.4. The third-order valence-electron chi connectivity index (χ3n) is 4.30. The van der Waals surface area contributed by atoms with Gasteiger partial charge in [-0.3, -0.25) is 9.59 Å². The summed E-state index contributed by atoms with van der Waals surface area (Å²) in [5, 5.41) is 11.5. The molecule has 0 aliphatic carbocycles. The van der Waals surface area contributed by atoms with Gasteiger partial charge >= 0.3 is 12.1 Å². The van der Waals surface area contributed by atoms with Crippen LogP contribution in [0.5, 0.6) is 0 Å². The first-order valence-electron chi connectivity index (χ1n) is 8.88.